The maximum absolute atomic E-state index is 13.3. The van der Waals surface area contributed by atoms with E-state index in [9.17, 15) is 9.59 Å². The molecular weight excluding hydrogens is 433 g/mol. The third kappa shape index (κ3) is 6.72. The highest BCUT2D eigenvalue weighted by molar-refractivity contribution is 6.62. The lowest BCUT2D eigenvalue weighted by Crippen LogP contribution is -2.50. The van der Waals surface area contributed by atoms with Crippen LogP contribution in [0.2, 0.25) is 0 Å². The molecule has 1 aromatic rings. The Morgan fingerprint density at radius 2 is 1.65 bits per heavy atom. The summed E-state index contributed by atoms with van der Waals surface area (Å²) in [7, 11) is -0.519. The first-order valence-electron chi connectivity index (χ1n) is 12.4. The van der Waals surface area contributed by atoms with Crippen LogP contribution in [0.3, 0.4) is 0 Å². The van der Waals surface area contributed by atoms with Crippen molar-refractivity contribution in [3.05, 3.63) is 18.3 Å². The fraction of sp³-hybridized carbons (Fsp3) is 0.720. The molecule has 2 amide bonds. The van der Waals surface area contributed by atoms with Gasteiger partial charge < -0.3 is 24.7 Å². The van der Waals surface area contributed by atoms with Crippen LogP contribution in [0.25, 0.3) is 0 Å². The van der Waals surface area contributed by atoms with E-state index in [1.165, 1.54) is 0 Å². The average Bonchev–Trinajstić information content (AvgIpc) is 2.89. The van der Waals surface area contributed by atoms with Crippen LogP contribution < -0.4 is 16.1 Å². The van der Waals surface area contributed by atoms with Gasteiger partial charge in [-0.1, -0.05) is 31.7 Å². The summed E-state index contributed by atoms with van der Waals surface area (Å²) >= 11 is 0. The van der Waals surface area contributed by atoms with E-state index in [2.05, 4.69) is 15.6 Å². The molecule has 1 saturated heterocycles. The minimum Gasteiger partial charge on any atom is -0.444 e. The highest BCUT2D eigenvalue weighted by Crippen LogP contribution is 2.36. The number of anilines is 1. The molecule has 1 aliphatic carbocycles. The van der Waals surface area contributed by atoms with Crippen molar-refractivity contribution >= 4 is 30.4 Å². The quantitative estimate of drug-likeness (QED) is 0.492. The number of hydrogen-bond donors (Lipinski definition) is 2. The van der Waals surface area contributed by atoms with Gasteiger partial charge in [0.1, 0.15) is 17.5 Å². The summed E-state index contributed by atoms with van der Waals surface area (Å²) in [6, 6.07) is 2.89. The molecule has 1 aromatic heterocycles. The summed E-state index contributed by atoms with van der Waals surface area (Å²) in [4.78, 5) is 30.2. The molecule has 1 unspecified atom stereocenters. The fourth-order valence-corrected chi connectivity index (χ4v) is 4.28. The van der Waals surface area contributed by atoms with Gasteiger partial charge in [0, 0.05) is 11.7 Å². The van der Waals surface area contributed by atoms with Gasteiger partial charge >= 0.3 is 13.2 Å². The molecule has 2 fully saturated rings. The fourth-order valence-electron chi connectivity index (χ4n) is 4.28. The highest BCUT2D eigenvalue weighted by Gasteiger charge is 2.51. The summed E-state index contributed by atoms with van der Waals surface area (Å²) in [5.41, 5.74) is -0.739. The molecule has 0 spiro atoms. The van der Waals surface area contributed by atoms with E-state index in [-0.39, 0.29) is 11.8 Å². The molecule has 34 heavy (non-hydrogen) atoms. The van der Waals surface area contributed by atoms with Gasteiger partial charge in [0.05, 0.1) is 11.2 Å². The number of rotatable bonds is 5. The summed E-state index contributed by atoms with van der Waals surface area (Å²) in [6.45, 7) is 13.4. The predicted molar refractivity (Wildman–Crippen MR) is 133 cm³/mol. The van der Waals surface area contributed by atoms with Crippen molar-refractivity contribution in [2.24, 2.45) is 5.92 Å². The van der Waals surface area contributed by atoms with Crippen molar-refractivity contribution < 1.29 is 23.6 Å². The molecule has 188 valence electrons. The van der Waals surface area contributed by atoms with Crippen molar-refractivity contribution in [2.75, 3.05) is 5.32 Å². The smallest absolute Gasteiger partial charge is 0.444 e. The van der Waals surface area contributed by atoms with Crippen molar-refractivity contribution in [1.82, 2.24) is 10.3 Å². The molecule has 8 nitrogen and oxygen atoms in total. The van der Waals surface area contributed by atoms with Gasteiger partial charge in [-0.25, -0.2) is 9.78 Å². The molecule has 3 rings (SSSR count). The minimum absolute atomic E-state index is 0.0547. The van der Waals surface area contributed by atoms with Crippen molar-refractivity contribution in [3.8, 4) is 0 Å². The number of carbonyl (C=O) groups excluding carboxylic acids is 2. The minimum atomic E-state index is -0.683. The molecule has 0 radical (unpaired) electrons. The Bertz CT molecular complexity index is 842. The van der Waals surface area contributed by atoms with Crippen LogP contribution >= 0.6 is 0 Å². The lowest BCUT2D eigenvalue weighted by molar-refractivity contribution is -0.119. The number of alkyl carbamates (subject to hydrolysis) is 1. The summed E-state index contributed by atoms with van der Waals surface area (Å²) < 4.78 is 17.6. The standard InChI is InChI=1S/C25H40BN3O5/c1-23(2,3)32-22(31)29-20(17-12-10-8-9-11-13-17)21(30)28-19-15-14-18(16-27-19)26-33-24(4,5)25(6,7)34-26/h14-17,20H,8-13H2,1-7H3,(H,29,31)(H,27,28,30). The zero-order valence-electron chi connectivity index (χ0n) is 21.7. The summed E-state index contributed by atoms with van der Waals surface area (Å²) in [6.07, 6.45) is 7.25. The molecule has 1 aliphatic heterocycles. The molecule has 0 aromatic carbocycles. The number of aromatic nitrogens is 1. The first-order valence-corrected chi connectivity index (χ1v) is 12.4. The Balaban J connectivity index is 1.69. The van der Waals surface area contributed by atoms with Crippen molar-refractivity contribution in [2.45, 2.75) is 110 Å². The second-order valence-corrected chi connectivity index (χ2v) is 11.4. The Kier molecular flexibility index (Phi) is 7.97. The molecule has 2 heterocycles. The maximum Gasteiger partial charge on any atom is 0.496 e. The highest BCUT2D eigenvalue weighted by atomic mass is 16.7. The van der Waals surface area contributed by atoms with Gasteiger partial charge in [0.15, 0.2) is 0 Å². The van der Waals surface area contributed by atoms with Crippen LogP contribution in [0, 0.1) is 5.92 Å². The lowest BCUT2D eigenvalue weighted by Gasteiger charge is -2.32. The third-order valence-electron chi connectivity index (χ3n) is 6.89. The Hall–Kier alpha value is -2.13. The number of hydrogen-bond acceptors (Lipinski definition) is 6. The van der Waals surface area contributed by atoms with Crippen LogP contribution in [0.5, 0.6) is 0 Å². The molecule has 2 aliphatic rings. The van der Waals surface area contributed by atoms with E-state index in [0.717, 1.165) is 44.0 Å². The number of nitrogens with one attached hydrogen (secondary N) is 2. The summed E-state index contributed by atoms with van der Waals surface area (Å²) in [5, 5.41) is 5.70. The number of carbonyl (C=O) groups is 2. The predicted octanol–water partition coefficient (Wildman–Crippen LogP) is 4.18. The molecule has 0 bridgehead atoms. The SMILES string of the molecule is CC(C)(C)OC(=O)NC(C(=O)Nc1ccc(B2OC(C)(C)C(C)(C)O2)cn1)C1CCCCCC1. The van der Waals surface area contributed by atoms with Crippen LogP contribution in [0.1, 0.15) is 87.0 Å². The monoisotopic (exact) mass is 473 g/mol. The second kappa shape index (κ2) is 10.2. The van der Waals surface area contributed by atoms with E-state index < -0.39 is 36.1 Å². The van der Waals surface area contributed by atoms with Crippen LogP contribution in [0.15, 0.2) is 18.3 Å². The van der Waals surface area contributed by atoms with Gasteiger partial charge in [0.25, 0.3) is 0 Å². The Morgan fingerprint density at radius 3 is 2.15 bits per heavy atom. The Labute approximate surface area is 204 Å². The van der Waals surface area contributed by atoms with Gasteiger partial charge in [0.2, 0.25) is 5.91 Å². The maximum atomic E-state index is 13.3. The third-order valence-corrected chi connectivity index (χ3v) is 6.89. The van der Waals surface area contributed by atoms with Gasteiger partial charge in [-0.2, -0.15) is 0 Å². The molecule has 1 atom stereocenters. The first kappa shape index (κ1) is 26.5. The number of pyridine rings is 1. The largest absolute Gasteiger partial charge is 0.496 e. The van der Waals surface area contributed by atoms with Crippen LogP contribution in [-0.4, -0.2) is 46.9 Å². The molecule has 2 N–H and O–H groups in total. The van der Waals surface area contributed by atoms with Crippen LogP contribution in [0.4, 0.5) is 10.6 Å². The number of amides is 2. The number of nitrogens with zero attached hydrogens (tertiary/aromatic N) is 1. The zero-order chi connectivity index (χ0) is 25.1. The lowest BCUT2D eigenvalue weighted by atomic mass is 9.80. The number of ether oxygens (including phenoxy) is 1. The zero-order valence-corrected chi connectivity index (χ0v) is 21.7. The van der Waals surface area contributed by atoms with Crippen LogP contribution in [-0.2, 0) is 18.8 Å². The van der Waals surface area contributed by atoms with Gasteiger partial charge in [-0.05, 0) is 73.3 Å². The van der Waals surface area contributed by atoms with E-state index in [1.807, 2.05) is 33.8 Å². The topological polar surface area (TPSA) is 98.8 Å². The van der Waals surface area contributed by atoms with Gasteiger partial charge in [-0.15, -0.1) is 0 Å². The van der Waals surface area contributed by atoms with Crippen molar-refractivity contribution in [3.63, 3.8) is 0 Å². The molecular formula is C25H40BN3O5. The van der Waals surface area contributed by atoms with Crippen molar-refractivity contribution in [1.29, 1.82) is 0 Å². The van der Waals surface area contributed by atoms with E-state index in [0.29, 0.717) is 5.82 Å². The normalized spacial score (nSPS) is 21.4. The van der Waals surface area contributed by atoms with E-state index in [4.69, 9.17) is 14.0 Å². The Morgan fingerprint density at radius 1 is 1.06 bits per heavy atom. The first-order chi connectivity index (χ1) is 15.8. The molecule has 1 saturated carbocycles. The van der Waals surface area contributed by atoms with E-state index in [1.54, 1.807) is 33.0 Å². The van der Waals surface area contributed by atoms with Gasteiger partial charge in [-0.3, -0.25) is 4.79 Å². The van der Waals surface area contributed by atoms with E-state index >= 15 is 0 Å². The summed E-state index contributed by atoms with van der Waals surface area (Å²) in [5.74, 6) is 0.183. The molecule has 9 heteroatoms. The second-order valence-electron chi connectivity index (χ2n) is 11.4. The average molecular weight is 473 g/mol.